The first-order chi connectivity index (χ1) is 9.13. The van der Waals surface area contributed by atoms with Crippen LogP contribution in [0.2, 0.25) is 0 Å². The Morgan fingerprint density at radius 1 is 1.05 bits per heavy atom. The summed E-state index contributed by atoms with van der Waals surface area (Å²) in [7, 11) is 0. The third-order valence-corrected chi connectivity index (χ3v) is 6.36. The standard InChI is InChI=1S/C18H31N/c1-12-4-3-5-15(8-12)18(19)17-10-14-7-6-13(2)9-16(14)11-17/h12,14-18H,2-11,19H2,1H3. The molecule has 0 amide bonds. The van der Waals surface area contributed by atoms with Crippen LogP contribution in [0.1, 0.15) is 64.7 Å². The predicted molar refractivity (Wildman–Crippen MR) is 81.8 cm³/mol. The van der Waals surface area contributed by atoms with Gasteiger partial charge in [0.2, 0.25) is 0 Å². The largest absolute Gasteiger partial charge is 0.327 e. The van der Waals surface area contributed by atoms with Gasteiger partial charge in [-0.1, -0.05) is 31.9 Å². The lowest BCUT2D eigenvalue weighted by molar-refractivity contribution is 0.203. The van der Waals surface area contributed by atoms with Crippen molar-refractivity contribution in [3.05, 3.63) is 12.2 Å². The highest BCUT2D eigenvalue weighted by Crippen LogP contribution is 2.48. The Bertz CT molecular complexity index is 335. The van der Waals surface area contributed by atoms with E-state index in [4.69, 9.17) is 5.73 Å². The van der Waals surface area contributed by atoms with Crippen molar-refractivity contribution in [1.82, 2.24) is 0 Å². The number of allylic oxidation sites excluding steroid dienone is 1. The Labute approximate surface area is 119 Å². The summed E-state index contributed by atoms with van der Waals surface area (Å²) in [6.07, 6.45) is 12.4. The summed E-state index contributed by atoms with van der Waals surface area (Å²) in [6.45, 7) is 6.63. The van der Waals surface area contributed by atoms with Gasteiger partial charge in [0.15, 0.2) is 0 Å². The van der Waals surface area contributed by atoms with E-state index < -0.39 is 0 Å². The summed E-state index contributed by atoms with van der Waals surface area (Å²) in [5, 5.41) is 0. The van der Waals surface area contributed by atoms with Crippen molar-refractivity contribution in [2.45, 2.75) is 70.8 Å². The predicted octanol–water partition coefficient (Wildman–Crippen LogP) is 4.52. The van der Waals surface area contributed by atoms with Crippen LogP contribution in [0.25, 0.3) is 0 Å². The van der Waals surface area contributed by atoms with Crippen molar-refractivity contribution in [3.8, 4) is 0 Å². The molecular formula is C18H31N. The molecule has 3 aliphatic rings. The van der Waals surface area contributed by atoms with Crippen LogP contribution in [0.4, 0.5) is 0 Å². The van der Waals surface area contributed by atoms with E-state index >= 15 is 0 Å². The first-order valence-corrected chi connectivity index (χ1v) is 8.55. The van der Waals surface area contributed by atoms with Gasteiger partial charge in [-0.15, -0.1) is 0 Å². The highest BCUT2D eigenvalue weighted by atomic mass is 14.7. The summed E-state index contributed by atoms with van der Waals surface area (Å²) in [6, 6.07) is 0.488. The SMILES string of the molecule is C=C1CCC2CC(C(N)C3CCCC(C)C3)CC2C1. The lowest BCUT2D eigenvalue weighted by Crippen LogP contribution is -2.39. The lowest BCUT2D eigenvalue weighted by atomic mass is 9.74. The fourth-order valence-corrected chi connectivity index (χ4v) is 5.25. The average molecular weight is 261 g/mol. The summed E-state index contributed by atoms with van der Waals surface area (Å²) in [5.41, 5.74) is 8.18. The summed E-state index contributed by atoms with van der Waals surface area (Å²) < 4.78 is 0. The second kappa shape index (κ2) is 5.60. The van der Waals surface area contributed by atoms with Crippen molar-refractivity contribution in [2.24, 2.45) is 35.3 Å². The maximum atomic E-state index is 6.68. The van der Waals surface area contributed by atoms with Crippen molar-refractivity contribution in [2.75, 3.05) is 0 Å². The van der Waals surface area contributed by atoms with Crippen LogP contribution in [0.5, 0.6) is 0 Å². The van der Waals surface area contributed by atoms with Crippen molar-refractivity contribution in [3.63, 3.8) is 0 Å². The van der Waals surface area contributed by atoms with Gasteiger partial charge in [0.1, 0.15) is 0 Å². The molecule has 1 nitrogen and oxygen atoms in total. The molecule has 3 aliphatic carbocycles. The molecule has 6 atom stereocenters. The molecule has 108 valence electrons. The molecule has 0 aromatic heterocycles. The molecule has 0 saturated heterocycles. The first kappa shape index (κ1) is 13.7. The Morgan fingerprint density at radius 2 is 1.84 bits per heavy atom. The zero-order valence-electron chi connectivity index (χ0n) is 12.6. The highest BCUT2D eigenvalue weighted by Gasteiger charge is 2.41. The Kier molecular flexibility index (Phi) is 4.03. The fraction of sp³-hybridized carbons (Fsp3) is 0.889. The second-order valence-electron chi connectivity index (χ2n) is 7.85. The van der Waals surface area contributed by atoms with Gasteiger partial charge in [0, 0.05) is 6.04 Å². The second-order valence-corrected chi connectivity index (χ2v) is 7.85. The average Bonchev–Trinajstić information content (AvgIpc) is 2.80. The van der Waals surface area contributed by atoms with E-state index in [1.54, 1.807) is 0 Å². The van der Waals surface area contributed by atoms with E-state index in [0.717, 1.165) is 29.6 Å². The van der Waals surface area contributed by atoms with Crippen LogP contribution >= 0.6 is 0 Å². The molecular weight excluding hydrogens is 230 g/mol. The zero-order chi connectivity index (χ0) is 13.4. The number of nitrogens with two attached hydrogens (primary N) is 1. The van der Waals surface area contributed by atoms with Crippen LogP contribution in [0, 0.1) is 29.6 Å². The third-order valence-electron chi connectivity index (χ3n) is 6.36. The van der Waals surface area contributed by atoms with Crippen LogP contribution in [-0.2, 0) is 0 Å². The molecule has 2 N–H and O–H groups in total. The van der Waals surface area contributed by atoms with Crippen LogP contribution in [0.15, 0.2) is 12.2 Å². The first-order valence-electron chi connectivity index (χ1n) is 8.55. The molecule has 0 aromatic rings. The van der Waals surface area contributed by atoms with Gasteiger partial charge in [0.25, 0.3) is 0 Å². The Hall–Kier alpha value is -0.300. The van der Waals surface area contributed by atoms with Gasteiger partial charge < -0.3 is 5.73 Å². The Morgan fingerprint density at radius 3 is 2.63 bits per heavy atom. The molecule has 0 aliphatic heterocycles. The molecule has 19 heavy (non-hydrogen) atoms. The molecule has 0 radical (unpaired) electrons. The molecule has 0 spiro atoms. The van der Waals surface area contributed by atoms with Crippen LogP contribution in [-0.4, -0.2) is 6.04 Å². The minimum Gasteiger partial charge on any atom is -0.327 e. The van der Waals surface area contributed by atoms with Crippen molar-refractivity contribution >= 4 is 0 Å². The summed E-state index contributed by atoms with van der Waals surface area (Å²) >= 11 is 0. The van der Waals surface area contributed by atoms with Crippen LogP contribution < -0.4 is 5.73 Å². The van der Waals surface area contributed by atoms with Crippen molar-refractivity contribution < 1.29 is 0 Å². The molecule has 3 rings (SSSR count). The molecule has 3 fully saturated rings. The minimum absolute atomic E-state index is 0.488. The van der Waals surface area contributed by atoms with Crippen LogP contribution in [0.3, 0.4) is 0 Å². The minimum atomic E-state index is 0.488. The van der Waals surface area contributed by atoms with Gasteiger partial charge in [-0.25, -0.2) is 0 Å². The van der Waals surface area contributed by atoms with Gasteiger partial charge in [-0.2, -0.15) is 0 Å². The van der Waals surface area contributed by atoms with E-state index in [2.05, 4.69) is 13.5 Å². The number of hydrogen-bond acceptors (Lipinski definition) is 1. The van der Waals surface area contributed by atoms with Crippen molar-refractivity contribution in [1.29, 1.82) is 0 Å². The van der Waals surface area contributed by atoms with E-state index in [-0.39, 0.29) is 0 Å². The molecule has 0 aromatic carbocycles. The summed E-state index contributed by atoms with van der Waals surface area (Å²) in [4.78, 5) is 0. The quantitative estimate of drug-likeness (QED) is 0.727. The highest BCUT2D eigenvalue weighted by molar-refractivity contribution is 5.05. The topological polar surface area (TPSA) is 26.0 Å². The fourth-order valence-electron chi connectivity index (χ4n) is 5.25. The molecule has 0 heterocycles. The van der Waals surface area contributed by atoms with Gasteiger partial charge in [-0.3, -0.25) is 0 Å². The van der Waals surface area contributed by atoms with Gasteiger partial charge in [-0.05, 0) is 74.5 Å². The maximum absolute atomic E-state index is 6.68. The molecule has 0 bridgehead atoms. The van der Waals surface area contributed by atoms with E-state index in [1.165, 1.54) is 63.4 Å². The molecule has 1 heteroatoms. The molecule has 6 unspecified atom stereocenters. The van der Waals surface area contributed by atoms with Gasteiger partial charge in [0.05, 0.1) is 0 Å². The molecule has 3 saturated carbocycles. The third kappa shape index (κ3) is 2.91. The summed E-state index contributed by atoms with van der Waals surface area (Å²) in [5.74, 6) is 4.45. The van der Waals surface area contributed by atoms with E-state index in [0.29, 0.717) is 6.04 Å². The maximum Gasteiger partial charge on any atom is 0.00959 e. The van der Waals surface area contributed by atoms with Gasteiger partial charge >= 0.3 is 0 Å². The smallest absolute Gasteiger partial charge is 0.00959 e. The number of fused-ring (bicyclic) bond motifs is 1. The normalized spacial score (nSPS) is 44.9. The lowest BCUT2D eigenvalue weighted by Gasteiger charge is -2.34. The zero-order valence-corrected chi connectivity index (χ0v) is 12.6. The van der Waals surface area contributed by atoms with E-state index in [9.17, 15) is 0 Å². The monoisotopic (exact) mass is 261 g/mol. The number of hydrogen-bond donors (Lipinski definition) is 1. The Balaban J connectivity index is 1.59. The van der Waals surface area contributed by atoms with E-state index in [1.807, 2.05) is 0 Å². The number of rotatable bonds is 2.